The van der Waals surface area contributed by atoms with Crippen LogP contribution < -0.4 is 25.4 Å². The van der Waals surface area contributed by atoms with Crippen molar-refractivity contribution >= 4 is 46.6 Å². The van der Waals surface area contributed by atoms with Gasteiger partial charge >= 0.3 is 0 Å². The highest BCUT2D eigenvalue weighted by molar-refractivity contribution is 6.33. The Kier molecular flexibility index (Phi) is 5.57. The smallest absolute Gasteiger partial charge is 0.254 e. The number of carbonyl (C=O) groups excluding carboxylic acids is 2. The summed E-state index contributed by atoms with van der Waals surface area (Å²) in [5.41, 5.74) is 1.65. The molecule has 0 unspecified atom stereocenters. The van der Waals surface area contributed by atoms with Crippen LogP contribution in [0.1, 0.15) is 10.4 Å². The lowest BCUT2D eigenvalue weighted by molar-refractivity contribution is -0.123. The topological polar surface area (TPSA) is 118 Å². The Morgan fingerprint density at radius 1 is 1.15 bits per heavy atom. The van der Waals surface area contributed by atoms with Crippen molar-refractivity contribution in [1.29, 1.82) is 0 Å². The molecule has 0 atom stereocenters. The van der Waals surface area contributed by atoms with Crippen LogP contribution in [-0.2, 0) is 4.79 Å². The highest BCUT2D eigenvalue weighted by atomic mass is 35.5. The first-order valence-electron chi connectivity index (χ1n) is 10.2. The SMILES string of the molecule is O=C1CN(C(=O)c2cccc(Nc3nccc(Nc4c(Cl)ccc5c4OCO5)n3)c2)CCN1. The second-order valence-corrected chi connectivity index (χ2v) is 7.74. The molecule has 10 nitrogen and oxygen atoms in total. The van der Waals surface area contributed by atoms with E-state index in [0.29, 0.717) is 58.3 Å². The van der Waals surface area contributed by atoms with Gasteiger partial charge in [-0.05, 0) is 36.4 Å². The van der Waals surface area contributed by atoms with Crippen molar-refractivity contribution in [2.45, 2.75) is 0 Å². The summed E-state index contributed by atoms with van der Waals surface area (Å²) in [6.45, 7) is 1.09. The van der Waals surface area contributed by atoms with Gasteiger partial charge < -0.3 is 30.3 Å². The zero-order valence-electron chi connectivity index (χ0n) is 17.3. The van der Waals surface area contributed by atoms with E-state index >= 15 is 0 Å². The second kappa shape index (κ2) is 8.83. The van der Waals surface area contributed by atoms with E-state index in [4.69, 9.17) is 21.1 Å². The first-order chi connectivity index (χ1) is 16.1. The normalized spacial score (nSPS) is 14.6. The number of amides is 2. The van der Waals surface area contributed by atoms with E-state index in [1.54, 1.807) is 48.7 Å². The maximum absolute atomic E-state index is 12.8. The molecule has 5 rings (SSSR count). The molecule has 3 heterocycles. The van der Waals surface area contributed by atoms with Crippen LogP contribution in [0.25, 0.3) is 0 Å². The Bertz CT molecular complexity index is 1240. The number of hydrogen-bond donors (Lipinski definition) is 3. The molecule has 2 aliphatic rings. The van der Waals surface area contributed by atoms with Crippen molar-refractivity contribution in [2.24, 2.45) is 0 Å². The Balaban J connectivity index is 1.33. The lowest BCUT2D eigenvalue weighted by atomic mass is 10.1. The number of benzene rings is 2. The zero-order valence-corrected chi connectivity index (χ0v) is 18.1. The predicted molar refractivity (Wildman–Crippen MR) is 122 cm³/mol. The number of hydrogen-bond acceptors (Lipinski definition) is 8. The van der Waals surface area contributed by atoms with E-state index in [-0.39, 0.29) is 25.2 Å². The Labute approximate surface area is 193 Å². The van der Waals surface area contributed by atoms with Gasteiger partial charge in [0.25, 0.3) is 5.91 Å². The highest BCUT2D eigenvalue weighted by Gasteiger charge is 2.23. The van der Waals surface area contributed by atoms with Gasteiger partial charge in [0.15, 0.2) is 11.5 Å². The van der Waals surface area contributed by atoms with E-state index in [1.165, 1.54) is 4.90 Å². The molecule has 0 bridgehead atoms. The quantitative estimate of drug-likeness (QED) is 0.525. The number of anilines is 4. The third kappa shape index (κ3) is 4.46. The Hall–Kier alpha value is -4.05. The van der Waals surface area contributed by atoms with Gasteiger partial charge in [0, 0.05) is 30.5 Å². The first kappa shape index (κ1) is 20.8. The number of halogens is 1. The van der Waals surface area contributed by atoms with Crippen molar-refractivity contribution in [3.63, 3.8) is 0 Å². The molecule has 2 amide bonds. The third-order valence-corrected chi connectivity index (χ3v) is 5.40. The maximum atomic E-state index is 12.8. The van der Waals surface area contributed by atoms with Crippen LogP contribution in [0, 0.1) is 0 Å². The number of ether oxygens (including phenoxy) is 2. The van der Waals surface area contributed by atoms with Crippen LogP contribution in [0.4, 0.5) is 23.1 Å². The summed E-state index contributed by atoms with van der Waals surface area (Å²) >= 11 is 6.33. The molecule has 0 aliphatic carbocycles. The van der Waals surface area contributed by atoms with Crippen LogP contribution in [0.2, 0.25) is 5.02 Å². The number of nitrogens with zero attached hydrogens (tertiary/aromatic N) is 3. The number of carbonyl (C=O) groups is 2. The summed E-state index contributed by atoms with van der Waals surface area (Å²) < 4.78 is 10.9. The van der Waals surface area contributed by atoms with Crippen molar-refractivity contribution in [2.75, 3.05) is 37.1 Å². The van der Waals surface area contributed by atoms with Crippen molar-refractivity contribution in [3.8, 4) is 11.5 Å². The molecule has 3 aromatic rings. The molecule has 168 valence electrons. The van der Waals surface area contributed by atoms with Gasteiger partial charge in [-0.25, -0.2) is 4.98 Å². The zero-order chi connectivity index (χ0) is 22.8. The average molecular weight is 467 g/mol. The summed E-state index contributed by atoms with van der Waals surface area (Å²) in [6, 6.07) is 12.1. The van der Waals surface area contributed by atoms with Crippen LogP contribution >= 0.6 is 11.6 Å². The lowest BCUT2D eigenvalue weighted by Crippen LogP contribution is -2.49. The van der Waals surface area contributed by atoms with Gasteiger partial charge in [0.05, 0.1) is 11.6 Å². The summed E-state index contributed by atoms with van der Waals surface area (Å²) in [7, 11) is 0. The summed E-state index contributed by atoms with van der Waals surface area (Å²) in [4.78, 5) is 34.6. The van der Waals surface area contributed by atoms with Gasteiger partial charge in [-0.3, -0.25) is 9.59 Å². The van der Waals surface area contributed by atoms with Crippen molar-refractivity contribution < 1.29 is 19.1 Å². The lowest BCUT2D eigenvalue weighted by Gasteiger charge is -2.26. The van der Waals surface area contributed by atoms with E-state index < -0.39 is 0 Å². The van der Waals surface area contributed by atoms with E-state index in [9.17, 15) is 9.59 Å². The average Bonchev–Trinajstić information content (AvgIpc) is 3.30. The minimum atomic E-state index is -0.209. The predicted octanol–water partition coefficient (Wildman–Crippen LogP) is 2.92. The number of aromatic nitrogens is 2. The molecule has 3 N–H and O–H groups in total. The van der Waals surface area contributed by atoms with Crippen LogP contribution in [0.15, 0.2) is 48.7 Å². The molecule has 1 aromatic heterocycles. The largest absolute Gasteiger partial charge is 0.454 e. The van der Waals surface area contributed by atoms with E-state index in [2.05, 4.69) is 25.9 Å². The molecule has 0 spiro atoms. The fourth-order valence-corrected chi connectivity index (χ4v) is 3.73. The standard InChI is InChI=1S/C22H19ClN6O4/c23-15-4-5-16-20(33-12-32-16)19(15)27-17-6-7-25-22(28-17)26-14-3-1-2-13(10-14)21(31)29-9-8-24-18(30)11-29/h1-7,10H,8-9,11-12H2,(H,24,30)(H2,25,26,27,28). The first-order valence-corrected chi connectivity index (χ1v) is 10.6. The number of piperazine rings is 1. The third-order valence-electron chi connectivity index (χ3n) is 5.09. The van der Waals surface area contributed by atoms with Gasteiger partial charge in [0.1, 0.15) is 11.5 Å². The summed E-state index contributed by atoms with van der Waals surface area (Å²) in [5, 5.41) is 9.43. The Morgan fingerprint density at radius 2 is 2.06 bits per heavy atom. The molecule has 1 saturated heterocycles. The fraction of sp³-hybridized carbons (Fsp3) is 0.182. The van der Waals surface area contributed by atoms with Crippen LogP contribution in [0.5, 0.6) is 11.5 Å². The molecule has 1 fully saturated rings. The van der Waals surface area contributed by atoms with Crippen LogP contribution in [-0.4, -0.2) is 53.1 Å². The van der Waals surface area contributed by atoms with Crippen LogP contribution in [0.3, 0.4) is 0 Å². The summed E-state index contributed by atoms with van der Waals surface area (Å²) in [5.74, 6) is 1.56. The number of rotatable bonds is 5. The highest BCUT2D eigenvalue weighted by Crippen LogP contribution is 2.44. The number of nitrogens with one attached hydrogen (secondary N) is 3. The molecular weight excluding hydrogens is 448 g/mol. The molecule has 11 heteroatoms. The van der Waals surface area contributed by atoms with Gasteiger partial charge in [-0.1, -0.05) is 17.7 Å². The van der Waals surface area contributed by atoms with Crippen molar-refractivity contribution in [3.05, 3.63) is 59.2 Å². The van der Waals surface area contributed by atoms with Gasteiger partial charge in [-0.15, -0.1) is 0 Å². The minimum Gasteiger partial charge on any atom is -0.454 e. The number of fused-ring (bicyclic) bond motifs is 1. The van der Waals surface area contributed by atoms with E-state index in [1.807, 2.05) is 0 Å². The second-order valence-electron chi connectivity index (χ2n) is 7.33. The maximum Gasteiger partial charge on any atom is 0.254 e. The summed E-state index contributed by atoms with van der Waals surface area (Å²) in [6.07, 6.45) is 1.59. The molecule has 2 aromatic carbocycles. The fourth-order valence-electron chi connectivity index (χ4n) is 3.54. The molecular formula is C22H19ClN6O4. The van der Waals surface area contributed by atoms with Gasteiger partial charge in [-0.2, -0.15) is 4.98 Å². The monoisotopic (exact) mass is 466 g/mol. The van der Waals surface area contributed by atoms with Gasteiger partial charge in [0.2, 0.25) is 18.6 Å². The molecule has 2 aliphatic heterocycles. The molecule has 33 heavy (non-hydrogen) atoms. The minimum absolute atomic E-state index is 0.0494. The molecule has 0 radical (unpaired) electrons. The van der Waals surface area contributed by atoms with Crippen molar-refractivity contribution in [1.82, 2.24) is 20.2 Å². The van der Waals surface area contributed by atoms with E-state index in [0.717, 1.165) is 0 Å². The Morgan fingerprint density at radius 3 is 2.94 bits per heavy atom. The molecule has 0 saturated carbocycles.